The molecule has 5 heteroatoms. The number of hydrogen-bond donors (Lipinski definition) is 1. The molecular weight excluding hydrogens is 268 g/mol. The van der Waals surface area contributed by atoms with Crippen LogP contribution in [0.5, 0.6) is 0 Å². The van der Waals surface area contributed by atoms with Crippen LogP contribution in [0.1, 0.15) is 35.1 Å². The normalized spacial score (nSPS) is 17.8. The van der Waals surface area contributed by atoms with Gasteiger partial charge in [0.2, 0.25) is 0 Å². The Morgan fingerprint density at radius 3 is 3.10 bits per heavy atom. The summed E-state index contributed by atoms with van der Waals surface area (Å²) in [6.45, 7) is 0.803. The largest absolute Gasteiger partial charge is 0.345 e. The Morgan fingerprint density at radius 1 is 1.45 bits per heavy atom. The van der Waals surface area contributed by atoms with Gasteiger partial charge in [0.05, 0.1) is 24.0 Å². The van der Waals surface area contributed by atoms with Gasteiger partial charge in [0.1, 0.15) is 0 Å². The molecule has 0 bridgehead atoms. The third-order valence-corrected chi connectivity index (χ3v) is 4.99. The molecule has 0 saturated carbocycles. The molecule has 0 saturated heterocycles. The van der Waals surface area contributed by atoms with E-state index in [2.05, 4.69) is 28.3 Å². The topological polar surface area (TPSA) is 41.0 Å². The number of nitrogens with one attached hydrogen (secondary N) is 1. The molecule has 20 heavy (non-hydrogen) atoms. The van der Waals surface area contributed by atoms with E-state index in [0.29, 0.717) is 6.04 Å². The molecule has 2 heterocycles. The molecule has 1 N–H and O–H groups in total. The minimum Gasteiger partial charge on any atom is -0.345 e. The van der Waals surface area contributed by atoms with Gasteiger partial charge >= 0.3 is 0 Å². The first-order valence-electron chi connectivity index (χ1n) is 7.06. The molecule has 106 valence electrons. The fraction of sp³-hybridized carbons (Fsp3) is 0.467. The molecule has 0 spiro atoms. The molecule has 1 atom stereocenters. The van der Waals surface area contributed by atoms with Crippen molar-refractivity contribution in [3.63, 3.8) is 0 Å². The molecule has 0 amide bonds. The lowest BCUT2D eigenvalue weighted by molar-refractivity contribution is 0.490. The zero-order valence-electron chi connectivity index (χ0n) is 12.0. The van der Waals surface area contributed by atoms with Crippen molar-refractivity contribution in [3.8, 4) is 0 Å². The van der Waals surface area contributed by atoms with E-state index < -0.39 is 0 Å². The molecule has 0 aliphatic heterocycles. The Bertz CT molecular complexity index is 567. The molecule has 3 rings (SSSR count). The Balaban J connectivity index is 1.79. The molecular formula is C15H20N4S. The Hall–Kier alpha value is -1.46. The van der Waals surface area contributed by atoms with Gasteiger partial charge in [-0.25, -0.2) is 4.98 Å². The summed E-state index contributed by atoms with van der Waals surface area (Å²) in [6.07, 6.45) is 5.45. The average Bonchev–Trinajstić information content (AvgIpc) is 2.92. The highest BCUT2D eigenvalue weighted by Crippen LogP contribution is 2.36. The van der Waals surface area contributed by atoms with E-state index in [1.165, 1.54) is 29.8 Å². The summed E-state index contributed by atoms with van der Waals surface area (Å²) in [7, 11) is 4.11. The Labute approximate surface area is 123 Å². The van der Waals surface area contributed by atoms with Crippen molar-refractivity contribution in [2.45, 2.75) is 31.8 Å². The number of aryl methyl sites for hydroxylation is 1. The van der Waals surface area contributed by atoms with Gasteiger partial charge in [-0.3, -0.25) is 4.98 Å². The summed E-state index contributed by atoms with van der Waals surface area (Å²) < 4.78 is 0. The van der Waals surface area contributed by atoms with Crippen molar-refractivity contribution in [2.24, 2.45) is 0 Å². The second-order valence-corrected chi connectivity index (χ2v) is 6.28. The summed E-state index contributed by atoms with van der Waals surface area (Å²) in [5, 5.41) is 4.48. The first kappa shape index (κ1) is 13.5. The lowest BCUT2D eigenvalue weighted by atomic mass is 9.98. The fourth-order valence-electron chi connectivity index (χ4n) is 2.65. The number of rotatable bonds is 4. The number of nitrogens with zero attached hydrogens (tertiary/aromatic N) is 3. The van der Waals surface area contributed by atoms with Gasteiger partial charge in [0, 0.05) is 18.1 Å². The maximum Gasteiger partial charge on any atom is 0.185 e. The predicted molar refractivity (Wildman–Crippen MR) is 83.2 cm³/mol. The molecule has 2 aromatic heterocycles. The smallest absolute Gasteiger partial charge is 0.185 e. The summed E-state index contributed by atoms with van der Waals surface area (Å²) >= 11 is 1.83. The third-order valence-electron chi connectivity index (χ3n) is 3.74. The maximum absolute atomic E-state index is 4.85. The van der Waals surface area contributed by atoms with Crippen molar-refractivity contribution >= 4 is 16.5 Å². The lowest BCUT2D eigenvalue weighted by Gasteiger charge is -2.19. The van der Waals surface area contributed by atoms with Crippen LogP contribution in [0.25, 0.3) is 0 Å². The predicted octanol–water partition coefficient (Wildman–Crippen LogP) is 2.77. The Morgan fingerprint density at radius 2 is 2.35 bits per heavy atom. The minimum absolute atomic E-state index is 0.423. The number of anilines is 1. The van der Waals surface area contributed by atoms with E-state index in [-0.39, 0.29) is 0 Å². The maximum atomic E-state index is 4.85. The lowest BCUT2D eigenvalue weighted by Crippen LogP contribution is -2.21. The van der Waals surface area contributed by atoms with E-state index in [1.807, 2.05) is 36.7 Å². The molecule has 2 aromatic rings. The second kappa shape index (κ2) is 5.89. The SMILES string of the molecule is CNC1CCCc2sc(N(C)Cc3ccccn3)nc21. The molecule has 4 nitrogen and oxygen atoms in total. The zero-order valence-corrected chi connectivity index (χ0v) is 12.8. The van der Waals surface area contributed by atoms with Crippen LogP contribution in [0.2, 0.25) is 0 Å². The number of aromatic nitrogens is 2. The number of hydrogen-bond acceptors (Lipinski definition) is 5. The van der Waals surface area contributed by atoms with E-state index in [1.54, 1.807) is 0 Å². The monoisotopic (exact) mass is 288 g/mol. The zero-order chi connectivity index (χ0) is 13.9. The highest BCUT2D eigenvalue weighted by molar-refractivity contribution is 7.15. The summed E-state index contributed by atoms with van der Waals surface area (Å²) in [5.74, 6) is 0. The fourth-order valence-corrected chi connectivity index (χ4v) is 3.78. The quantitative estimate of drug-likeness (QED) is 0.939. The molecule has 0 radical (unpaired) electrons. The van der Waals surface area contributed by atoms with Crippen molar-refractivity contribution in [1.29, 1.82) is 0 Å². The molecule has 0 aromatic carbocycles. The standard InChI is InChI=1S/C15H20N4S/c1-16-12-7-5-8-13-14(12)18-15(20-13)19(2)10-11-6-3-4-9-17-11/h3-4,6,9,12,16H,5,7-8,10H2,1-2H3. The van der Waals surface area contributed by atoms with Crippen LogP contribution >= 0.6 is 11.3 Å². The number of pyridine rings is 1. The van der Waals surface area contributed by atoms with Crippen LogP contribution in [0.15, 0.2) is 24.4 Å². The first-order valence-corrected chi connectivity index (χ1v) is 7.87. The Kier molecular flexibility index (Phi) is 3.98. The molecule has 1 aliphatic rings. The number of fused-ring (bicyclic) bond motifs is 1. The van der Waals surface area contributed by atoms with Gasteiger partial charge in [-0.2, -0.15) is 0 Å². The highest BCUT2D eigenvalue weighted by Gasteiger charge is 2.24. The van der Waals surface area contributed by atoms with E-state index >= 15 is 0 Å². The minimum atomic E-state index is 0.423. The highest BCUT2D eigenvalue weighted by atomic mass is 32.1. The van der Waals surface area contributed by atoms with Crippen LogP contribution in [-0.4, -0.2) is 24.1 Å². The molecule has 1 unspecified atom stereocenters. The van der Waals surface area contributed by atoms with Crippen LogP contribution < -0.4 is 10.2 Å². The van der Waals surface area contributed by atoms with Crippen LogP contribution in [0.3, 0.4) is 0 Å². The van der Waals surface area contributed by atoms with Crippen molar-refractivity contribution in [2.75, 3.05) is 19.0 Å². The summed E-state index contributed by atoms with van der Waals surface area (Å²) in [5.41, 5.74) is 2.33. The second-order valence-electron chi connectivity index (χ2n) is 5.22. The van der Waals surface area contributed by atoms with Crippen molar-refractivity contribution < 1.29 is 0 Å². The van der Waals surface area contributed by atoms with E-state index in [9.17, 15) is 0 Å². The van der Waals surface area contributed by atoms with Crippen molar-refractivity contribution in [3.05, 3.63) is 40.7 Å². The van der Waals surface area contributed by atoms with Gasteiger partial charge in [0.25, 0.3) is 0 Å². The molecule has 1 aliphatic carbocycles. The van der Waals surface area contributed by atoms with Crippen LogP contribution in [-0.2, 0) is 13.0 Å². The average molecular weight is 288 g/mol. The van der Waals surface area contributed by atoms with Gasteiger partial charge in [-0.05, 0) is 38.4 Å². The first-order chi connectivity index (χ1) is 9.78. The van der Waals surface area contributed by atoms with E-state index in [4.69, 9.17) is 4.98 Å². The van der Waals surface area contributed by atoms with Crippen LogP contribution in [0, 0.1) is 0 Å². The number of thiazole rings is 1. The van der Waals surface area contributed by atoms with Gasteiger partial charge < -0.3 is 10.2 Å². The van der Waals surface area contributed by atoms with Crippen molar-refractivity contribution in [1.82, 2.24) is 15.3 Å². The molecule has 0 fully saturated rings. The van der Waals surface area contributed by atoms with E-state index in [0.717, 1.165) is 17.4 Å². The van der Waals surface area contributed by atoms with Gasteiger partial charge in [-0.1, -0.05) is 6.07 Å². The third kappa shape index (κ3) is 2.69. The van der Waals surface area contributed by atoms with Crippen LogP contribution in [0.4, 0.5) is 5.13 Å². The van der Waals surface area contributed by atoms with Gasteiger partial charge in [-0.15, -0.1) is 11.3 Å². The van der Waals surface area contributed by atoms with Gasteiger partial charge in [0.15, 0.2) is 5.13 Å². The summed E-state index contributed by atoms with van der Waals surface area (Å²) in [4.78, 5) is 12.9. The summed E-state index contributed by atoms with van der Waals surface area (Å²) in [6, 6.07) is 6.45.